The van der Waals surface area contributed by atoms with E-state index in [2.05, 4.69) is 11.3 Å². The molecule has 0 aromatic heterocycles. The molecule has 0 aromatic carbocycles. The predicted molar refractivity (Wildman–Crippen MR) is 66.2 cm³/mol. The fourth-order valence-electron chi connectivity index (χ4n) is 1.22. The molecular formula is C13H17F5O4. The van der Waals surface area contributed by atoms with Gasteiger partial charge in [-0.05, 0) is 32.6 Å². The van der Waals surface area contributed by atoms with Crippen molar-refractivity contribution in [3.63, 3.8) is 0 Å². The highest BCUT2D eigenvalue weighted by molar-refractivity contribution is 5.86. The number of alkyl halides is 5. The minimum Gasteiger partial charge on any atom is -0.462 e. The third-order valence-electron chi connectivity index (χ3n) is 2.47. The normalized spacial score (nSPS) is 11.9. The molecule has 0 aliphatic rings. The van der Waals surface area contributed by atoms with Gasteiger partial charge in [0.2, 0.25) is 0 Å². The van der Waals surface area contributed by atoms with Crippen LogP contribution in [0.2, 0.25) is 0 Å². The van der Waals surface area contributed by atoms with E-state index in [0.29, 0.717) is 19.3 Å². The minimum atomic E-state index is -5.96. The van der Waals surface area contributed by atoms with E-state index in [0.717, 1.165) is 0 Å². The van der Waals surface area contributed by atoms with E-state index in [1.54, 1.807) is 0 Å². The van der Waals surface area contributed by atoms with Crippen LogP contribution in [0.4, 0.5) is 22.0 Å². The van der Waals surface area contributed by atoms with Crippen LogP contribution in [0, 0.1) is 0 Å². The van der Waals surface area contributed by atoms with Crippen LogP contribution < -0.4 is 0 Å². The van der Waals surface area contributed by atoms with Crippen molar-refractivity contribution in [1.29, 1.82) is 0 Å². The number of rotatable bonds is 9. The van der Waals surface area contributed by atoms with Crippen LogP contribution in [0.1, 0.15) is 32.6 Å². The zero-order valence-corrected chi connectivity index (χ0v) is 12.0. The van der Waals surface area contributed by atoms with Gasteiger partial charge >= 0.3 is 24.0 Å². The summed E-state index contributed by atoms with van der Waals surface area (Å²) in [5, 5.41) is 0. The van der Waals surface area contributed by atoms with Crippen LogP contribution in [0.25, 0.3) is 0 Å². The van der Waals surface area contributed by atoms with Crippen LogP contribution in [-0.2, 0) is 19.1 Å². The second-order valence-corrected chi connectivity index (χ2v) is 4.54. The SMILES string of the molecule is C=C(C)C(=O)OCCCCCCOC(=O)C(F)(F)C(F)(F)F. The molecule has 0 saturated heterocycles. The van der Waals surface area contributed by atoms with Crippen molar-refractivity contribution in [2.24, 2.45) is 0 Å². The summed E-state index contributed by atoms with van der Waals surface area (Å²) in [5.74, 6) is -8.62. The molecular weight excluding hydrogens is 315 g/mol. The number of carbonyl (C=O) groups is 2. The highest BCUT2D eigenvalue weighted by Gasteiger charge is 2.64. The van der Waals surface area contributed by atoms with Crippen LogP contribution in [0.3, 0.4) is 0 Å². The van der Waals surface area contributed by atoms with Crippen molar-refractivity contribution in [2.75, 3.05) is 13.2 Å². The van der Waals surface area contributed by atoms with Gasteiger partial charge in [-0.1, -0.05) is 6.58 Å². The summed E-state index contributed by atoms with van der Waals surface area (Å²) in [6.45, 7) is 4.50. The zero-order valence-electron chi connectivity index (χ0n) is 12.0. The van der Waals surface area contributed by atoms with Crippen molar-refractivity contribution in [3.05, 3.63) is 12.2 Å². The minimum absolute atomic E-state index is 0.133. The summed E-state index contributed by atoms with van der Waals surface area (Å²) in [7, 11) is 0. The Kier molecular flexibility index (Phi) is 8.04. The third kappa shape index (κ3) is 6.86. The second-order valence-electron chi connectivity index (χ2n) is 4.54. The highest BCUT2D eigenvalue weighted by atomic mass is 19.4. The number of hydrogen-bond acceptors (Lipinski definition) is 4. The van der Waals surface area contributed by atoms with E-state index in [-0.39, 0.29) is 18.6 Å². The van der Waals surface area contributed by atoms with Crippen molar-refractivity contribution in [2.45, 2.75) is 44.7 Å². The van der Waals surface area contributed by atoms with Gasteiger partial charge in [0.1, 0.15) is 0 Å². The Labute approximate surface area is 124 Å². The number of carbonyl (C=O) groups excluding carboxylic acids is 2. The predicted octanol–water partition coefficient (Wildman–Crippen LogP) is 3.41. The Bertz CT molecular complexity index is 404. The molecule has 0 bridgehead atoms. The lowest BCUT2D eigenvalue weighted by molar-refractivity contribution is -0.280. The van der Waals surface area contributed by atoms with Crippen LogP contribution in [0.5, 0.6) is 0 Å². The van der Waals surface area contributed by atoms with E-state index in [9.17, 15) is 31.5 Å². The number of hydrogen-bond donors (Lipinski definition) is 0. The summed E-state index contributed by atoms with van der Waals surface area (Å²) in [5.41, 5.74) is 0.262. The molecule has 4 nitrogen and oxygen atoms in total. The summed E-state index contributed by atoms with van der Waals surface area (Å²) in [4.78, 5) is 21.6. The van der Waals surface area contributed by atoms with E-state index in [4.69, 9.17) is 4.74 Å². The van der Waals surface area contributed by atoms with E-state index >= 15 is 0 Å². The lowest BCUT2D eigenvalue weighted by Gasteiger charge is -2.17. The monoisotopic (exact) mass is 332 g/mol. The fourth-order valence-corrected chi connectivity index (χ4v) is 1.22. The Morgan fingerprint density at radius 3 is 1.77 bits per heavy atom. The molecule has 0 heterocycles. The lowest BCUT2D eigenvalue weighted by atomic mass is 10.2. The summed E-state index contributed by atoms with van der Waals surface area (Å²) in [6.07, 6.45) is -4.37. The molecule has 9 heteroatoms. The molecule has 0 fully saturated rings. The average Bonchev–Trinajstić information content (AvgIpc) is 2.39. The Morgan fingerprint density at radius 1 is 0.909 bits per heavy atom. The van der Waals surface area contributed by atoms with Gasteiger partial charge in [-0.3, -0.25) is 0 Å². The number of esters is 2. The Hall–Kier alpha value is -1.67. The molecule has 0 atom stereocenters. The van der Waals surface area contributed by atoms with Gasteiger partial charge in [0, 0.05) is 5.57 Å². The topological polar surface area (TPSA) is 52.6 Å². The quantitative estimate of drug-likeness (QED) is 0.281. The number of halogens is 5. The van der Waals surface area contributed by atoms with Crippen LogP contribution >= 0.6 is 0 Å². The van der Waals surface area contributed by atoms with Gasteiger partial charge in [0.05, 0.1) is 13.2 Å². The lowest BCUT2D eigenvalue weighted by Crippen LogP contribution is -2.45. The molecule has 0 saturated carbocycles. The fraction of sp³-hybridized carbons (Fsp3) is 0.692. The first kappa shape index (κ1) is 20.3. The molecule has 0 spiro atoms. The number of unbranched alkanes of at least 4 members (excludes halogenated alkanes) is 3. The van der Waals surface area contributed by atoms with Gasteiger partial charge in [0.15, 0.2) is 0 Å². The smallest absolute Gasteiger partial charge is 0.462 e. The van der Waals surface area contributed by atoms with E-state index in [1.165, 1.54) is 6.92 Å². The maximum atomic E-state index is 12.5. The first-order valence-corrected chi connectivity index (χ1v) is 6.44. The van der Waals surface area contributed by atoms with Gasteiger partial charge in [-0.15, -0.1) is 0 Å². The first-order chi connectivity index (χ1) is 10.00. The molecule has 0 aliphatic heterocycles. The van der Waals surface area contributed by atoms with Crippen molar-refractivity contribution in [3.8, 4) is 0 Å². The van der Waals surface area contributed by atoms with Gasteiger partial charge < -0.3 is 9.47 Å². The molecule has 22 heavy (non-hydrogen) atoms. The second kappa shape index (κ2) is 8.70. The summed E-state index contributed by atoms with van der Waals surface area (Å²) < 4.78 is 69.1. The van der Waals surface area contributed by atoms with Crippen molar-refractivity contribution >= 4 is 11.9 Å². The van der Waals surface area contributed by atoms with Crippen LogP contribution in [0.15, 0.2) is 12.2 Å². The molecule has 0 unspecified atom stereocenters. The maximum absolute atomic E-state index is 12.5. The summed E-state index contributed by atoms with van der Waals surface area (Å²) in [6, 6.07) is 0. The molecule has 128 valence electrons. The average molecular weight is 332 g/mol. The largest absolute Gasteiger partial charge is 0.465 e. The standard InChI is InChI=1S/C13H17F5O4/c1-9(2)10(19)21-7-5-3-4-6-8-22-11(20)12(14,15)13(16,17)18/h1,3-8H2,2H3. The summed E-state index contributed by atoms with van der Waals surface area (Å²) >= 11 is 0. The molecule has 0 amide bonds. The third-order valence-corrected chi connectivity index (χ3v) is 2.47. The molecule has 0 N–H and O–H groups in total. The van der Waals surface area contributed by atoms with Crippen molar-refractivity contribution < 1.29 is 41.0 Å². The van der Waals surface area contributed by atoms with Gasteiger partial charge in [-0.25, -0.2) is 9.59 Å². The van der Waals surface area contributed by atoms with Crippen LogP contribution in [-0.4, -0.2) is 37.3 Å². The first-order valence-electron chi connectivity index (χ1n) is 6.44. The Morgan fingerprint density at radius 2 is 1.36 bits per heavy atom. The molecule has 0 aliphatic carbocycles. The van der Waals surface area contributed by atoms with Gasteiger partial charge in [-0.2, -0.15) is 22.0 Å². The highest BCUT2D eigenvalue weighted by Crippen LogP contribution is 2.36. The van der Waals surface area contributed by atoms with E-state index < -0.39 is 30.6 Å². The molecule has 0 radical (unpaired) electrons. The van der Waals surface area contributed by atoms with Gasteiger partial charge in [0.25, 0.3) is 0 Å². The van der Waals surface area contributed by atoms with E-state index in [1.807, 2.05) is 0 Å². The van der Waals surface area contributed by atoms with Crippen molar-refractivity contribution in [1.82, 2.24) is 0 Å². The molecule has 0 aromatic rings. The zero-order chi connectivity index (χ0) is 17.4. The maximum Gasteiger partial charge on any atom is 0.465 e. The number of ether oxygens (including phenoxy) is 2. The Balaban J connectivity index is 3.72. The molecule has 0 rings (SSSR count).